The van der Waals surface area contributed by atoms with Gasteiger partial charge in [0.25, 0.3) is 0 Å². The van der Waals surface area contributed by atoms with Gasteiger partial charge in [0.15, 0.2) is 0 Å². The summed E-state index contributed by atoms with van der Waals surface area (Å²) in [4.78, 5) is 12.4. The second kappa shape index (κ2) is 3.96. The number of pyridine rings is 1. The Labute approximate surface area is 82.9 Å². The highest BCUT2D eigenvalue weighted by atomic mass is 14.9. The highest BCUT2D eigenvalue weighted by Gasteiger charge is 1.97. The third kappa shape index (κ3) is 2.13. The van der Waals surface area contributed by atoms with Crippen LogP contribution in [0.3, 0.4) is 0 Å². The minimum absolute atomic E-state index is 0.811. The van der Waals surface area contributed by atoms with Crippen molar-refractivity contribution >= 4 is 0 Å². The number of hydrogen-bond acceptors (Lipinski definition) is 3. The van der Waals surface area contributed by atoms with Crippen molar-refractivity contribution in [2.45, 2.75) is 13.3 Å². The average Bonchev–Trinajstić information content (AvgIpc) is 2.19. The van der Waals surface area contributed by atoms with Gasteiger partial charge in [-0.3, -0.25) is 4.98 Å². The molecule has 2 rings (SSSR count). The van der Waals surface area contributed by atoms with E-state index in [2.05, 4.69) is 15.0 Å². The van der Waals surface area contributed by atoms with Crippen molar-refractivity contribution in [2.75, 3.05) is 0 Å². The number of hydrogen-bond donors (Lipinski definition) is 0. The molecule has 0 spiro atoms. The molecule has 0 saturated heterocycles. The Kier molecular flexibility index (Phi) is 2.49. The fourth-order valence-corrected chi connectivity index (χ4v) is 1.32. The Morgan fingerprint density at radius 2 is 2.14 bits per heavy atom. The molecule has 0 aliphatic heterocycles. The van der Waals surface area contributed by atoms with Crippen LogP contribution >= 0.6 is 0 Å². The molecule has 0 radical (unpaired) electrons. The predicted octanol–water partition coefficient (Wildman–Crippen LogP) is 1.77. The second-order valence-electron chi connectivity index (χ2n) is 3.13. The maximum atomic E-state index is 4.33. The smallest absolute Gasteiger partial charge is 0.125 e. The lowest BCUT2D eigenvalue weighted by atomic mass is 10.1. The monoisotopic (exact) mass is 185 g/mol. The first-order chi connectivity index (χ1) is 6.84. The van der Waals surface area contributed by atoms with Gasteiger partial charge in [0.05, 0.1) is 0 Å². The van der Waals surface area contributed by atoms with E-state index < -0.39 is 0 Å². The van der Waals surface area contributed by atoms with Crippen LogP contribution in [0.4, 0.5) is 0 Å². The van der Waals surface area contributed by atoms with Crippen LogP contribution in [-0.2, 0) is 6.42 Å². The first kappa shape index (κ1) is 8.81. The summed E-state index contributed by atoms with van der Waals surface area (Å²) in [5, 5.41) is 0. The Balaban J connectivity index is 2.19. The molecule has 14 heavy (non-hydrogen) atoms. The van der Waals surface area contributed by atoms with E-state index in [1.165, 1.54) is 5.56 Å². The normalized spacial score (nSPS) is 10.1. The maximum absolute atomic E-state index is 4.33. The molecule has 0 aliphatic rings. The Hall–Kier alpha value is -1.77. The van der Waals surface area contributed by atoms with E-state index in [1.54, 1.807) is 12.4 Å². The van der Waals surface area contributed by atoms with Crippen LogP contribution in [0.25, 0.3) is 0 Å². The zero-order chi connectivity index (χ0) is 9.80. The summed E-state index contributed by atoms with van der Waals surface area (Å²) in [5.41, 5.74) is 2.20. The van der Waals surface area contributed by atoms with E-state index in [-0.39, 0.29) is 0 Å². The molecule has 70 valence electrons. The maximum Gasteiger partial charge on any atom is 0.125 e. The summed E-state index contributed by atoms with van der Waals surface area (Å²) in [7, 11) is 0. The number of aryl methyl sites for hydroxylation is 1. The van der Waals surface area contributed by atoms with Crippen molar-refractivity contribution in [1.29, 1.82) is 0 Å². The Morgan fingerprint density at radius 1 is 1.21 bits per heavy atom. The highest BCUT2D eigenvalue weighted by molar-refractivity contribution is 5.17. The van der Waals surface area contributed by atoms with Crippen molar-refractivity contribution in [3.05, 3.63) is 53.9 Å². The topological polar surface area (TPSA) is 38.7 Å². The van der Waals surface area contributed by atoms with Crippen LogP contribution < -0.4 is 0 Å². The van der Waals surface area contributed by atoms with E-state index in [9.17, 15) is 0 Å². The molecule has 0 aliphatic carbocycles. The minimum atomic E-state index is 0.811. The van der Waals surface area contributed by atoms with Crippen LogP contribution in [0.15, 0.2) is 36.8 Å². The summed E-state index contributed by atoms with van der Waals surface area (Å²) in [5.74, 6) is 0.811. The number of rotatable bonds is 2. The lowest BCUT2D eigenvalue weighted by molar-refractivity contribution is 0.964. The van der Waals surface area contributed by atoms with E-state index in [1.807, 2.05) is 31.3 Å². The van der Waals surface area contributed by atoms with E-state index in [0.717, 1.165) is 17.9 Å². The van der Waals surface area contributed by atoms with Crippen LogP contribution in [0, 0.1) is 6.92 Å². The number of aromatic nitrogens is 3. The standard InChI is InChI=1S/C11H11N3/c1-9-13-6-4-11(14-9)7-10-3-2-5-12-8-10/h2-6,8H,7H2,1H3. The first-order valence-corrected chi connectivity index (χ1v) is 4.52. The molecule has 0 bridgehead atoms. The van der Waals surface area contributed by atoms with Gasteiger partial charge in [0.1, 0.15) is 5.82 Å². The van der Waals surface area contributed by atoms with Crippen LogP contribution in [0.2, 0.25) is 0 Å². The fraction of sp³-hybridized carbons (Fsp3) is 0.182. The summed E-state index contributed by atoms with van der Waals surface area (Å²) in [6.45, 7) is 1.90. The lowest BCUT2D eigenvalue weighted by Gasteiger charge is -2.00. The molecule has 3 nitrogen and oxygen atoms in total. The van der Waals surface area contributed by atoms with Gasteiger partial charge in [-0.2, -0.15) is 0 Å². The van der Waals surface area contributed by atoms with Gasteiger partial charge in [0, 0.05) is 30.7 Å². The highest BCUT2D eigenvalue weighted by Crippen LogP contribution is 2.04. The summed E-state index contributed by atoms with van der Waals surface area (Å²) in [6, 6.07) is 5.91. The predicted molar refractivity (Wildman–Crippen MR) is 53.8 cm³/mol. The molecule has 0 amide bonds. The summed E-state index contributed by atoms with van der Waals surface area (Å²) >= 11 is 0. The zero-order valence-electron chi connectivity index (χ0n) is 8.01. The van der Waals surface area contributed by atoms with E-state index >= 15 is 0 Å². The molecule has 2 aromatic rings. The SMILES string of the molecule is Cc1nccc(Cc2cccnc2)n1. The van der Waals surface area contributed by atoms with Crippen molar-refractivity contribution in [2.24, 2.45) is 0 Å². The Morgan fingerprint density at radius 3 is 2.86 bits per heavy atom. The van der Waals surface area contributed by atoms with E-state index in [4.69, 9.17) is 0 Å². The molecule has 2 heterocycles. The molecule has 3 heteroatoms. The molecular weight excluding hydrogens is 174 g/mol. The number of nitrogens with zero attached hydrogens (tertiary/aromatic N) is 3. The van der Waals surface area contributed by atoms with Gasteiger partial charge in [-0.05, 0) is 24.6 Å². The molecule has 0 saturated carbocycles. The summed E-state index contributed by atoms with van der Waals surface area (Å²) in [6.07, 6.45) is 6.23. The van der Waals surface area contributed by atoms with Gasteiger partial charge in [-0.25, -0.2) is 9.97 Å². The summed E-state index contributed by atoms with van der Waals surface area (Å²) < 4.78 is 0. The molecule has 0 unspecified atom stereocenters. The lowest BCUT2D eigenvalue weighted by Crippen LogP contribution is -1.95. The average molecular weight is 185 g/mol. The van der Waals surface area contributed by atoms with E-state index in [0.29, 0.717) is 0 Å². The molecule has 0 aromatic carbocycles. The largest absolute Gasteiger partial charge is 0.264 e. The zero-order valence-corrected chi connectivity index (χ0v) is 8.01. The molecule has 0 atom stereocenters. The Bertz CT molecular complexity index is 412. The first-order valence-electron chi connectivity index (χ1n) is 4.52. The van der Waals surface area contributed by atoms with Gasteiger partial charge < -0.3 is 0 Å². The minimum Gasteiger partial charge on any atom is -0.264 e. The van der Waals surface area contributed by atoms with Crippen molar-refractivity contribution in [3.8, 4) is 0 Å². The fourth-order valence-electron chi connectivity index (χ4n) is 1.32. The van der Waals surface area contributed by atoms with Gasteiger partial charge >= 0.3 is 0 Å². The third-order valence-corrected chi connectivity index (χ3v) is 1.94. The molecule has 0 fully saturated rings. The third-order valence-electron chi connectivity index (χ3n) is 1.94. The molecule has 0 N–H and O–H groups in total. The van der Waals surface area contributed by atoms with Crippen LogP contribution in [0.1, 0.15) is 17.1 Å². The van der Waals surface area contributed by atoms with Crippen molar-refractivity contribution < 1.29 is 0 Å². The van der Waals surface area contributed by atoms with Gasteiger partial charge in [-0.15, -0.1) is 0 Å². The van der Waals surface area contributed by atoms with Gasteiger partial charge in [-0.1, -0.05) is 6.07 Å². The second-order valence-corrected chi connectivity index (χ2v) is 3.13. The van der Waals surface area contributed by atoms with Crippen LogP contribution in [-0.4, -0.2) is 15.0 Å². The van der Waals surface area contributed by atoms with Crippen LogP contribution in [0.5, 0.6) is 0 Å². The molecular formula is C11H11N3. The van der Waals surface area contributed by atoms with Crippen molar-refractivity contribution in [1.82, 2.24) is 15.0 Å². The van der Waals surface area contributed by atoms with Crippen molar-refractivity contribution in [3.63, 3.8) is 0 Å². The van der Waals surface area contributed by atoms with Gasteiger partial charge in [0.2, 0.25) is 0 Å². The molecule has 2 aromatic heterocycles. The quantitative estimate of drug-likeness (QED) is 0.715.